The standard InChI is InChI=1S/C16H25NS/c1-4-17-16(15-6-5-11-18-15)14-9-7-13(8-10-14)12(2)3/h7-10,12,15-17H,4-6,11H2,1-3H3. The van der Waals surface area contributed by atoms with Gasteiger partial charge >= 0.3 is 0 Å². The molecule has 1 nitrogen and oxygen atoms in total. The zero-order valence-electron chi connectivity index (χ0n) is 11.8. The molecule has 0 amide bonds. The average molecular weight is 263 g/mol. The number of benzene rings is 1. The number of hydrogen-bond acceptors (Lipinski definition) is 2. The number of nitrogens with one attached hydrogen (secondary N) is 1. The van der Waals surface area contributed by atoms with E-state index >= 15 is 0 Å². The molecule has 1 aromatic carbocycles. The van der Waals surface area contributed by atoms with Crippen LogP contribution in [0.3, 0.4) is 0 Å². The first-order chi connectivity index (χ1) is 8.72. The van der Waals surface area contributed by atoms with Crippen LogP contribution < -0.4 is 5.32 Å². The van der Waals surface area contributed by atoms with E-state index in [4.69, 9.17) is 0 Å². The fraction of sp³-hybridized carbons (Fsp3) is 0.625. The zero-order valence-corrected chi connectivity index (χ0v) is 12.6. The van der Waals surface area contributed by atoms with E-state index in [1.807, 2.05) is 0 Å². The van der Waals surface area contributed by atoms with Crippen LogP contribution in [0.1, 0.15) is 56.7 Å². The number of hydrogen-bond donors (Lipinski definition) is 1. The van der Waals surface area contributed by atoms with Gasteiger partial charge in [0.25, 0.3) is 0 Å². The van der Waals surface area contributed by atoms with Crippen LogP contribution >= 0.6 is 11.8 Å². The monoisotopic (exact) mass is 263 g/mol. The van der Waals surface area contributed by atoms with E-state index in [0.717, 1.165) is 11.8 Å². The summed E-state index contributed by atoms with van der Waals surface area (Å²) in [6.45, 7) is 7.76. The molecular formula is C16H25NS. The quantitative estimate of drug-likeness (QED) is 0.847. The summed E-state index contributed by atoms with van der Waals surface area (Å²) in [5, 5.41) is 4.43. The SMILES string of the molecule is CCNC(c1ccc(C(C)C)cc1)C1CCCS1. The van der Waals surface area contributed by atoms with Gasteiger partial charge in [0.2, 0.25) is 0 Å². The lowest BCUT2D eigenvalue weighted by molar-refractivity contribution is 0.519. The summed E-state index contributed by atoms with van der Waals surface area (Å²) in [6.07, 6.45) is 2.73. The Bertz CT molecular complexity index is 352. The lowest BCUT2D eigenvalue weighted by Gasteiger charge is -2.24. The first kappa shape index (κ1) is 14.0. The molecule has 0 aromatic heterocycles. The summed E-state index contributed by atoms with van der Waals surface area (Å²) in [5.41, 5.74) is 2.90. The molecule has 0 saturated carbocycles. The molecule has 1 N–H and O–H groups in total. The van der Waals surface area contributed by atoms with Crippen molar-refractivity contribution in [1.82, 2.24) is 5.32 Å². The Morgan fingerprint density at radius 2 is 1.89 bits per heavy atom. The van der Waals surface area contributed by atoms with E-state index in [-0.39, 0.29) is 0 Å². The Balaban J connectivity index is 2.14. The molecule has 0 bridgehead atoms. The Hall–Kier alpha value is -0.470. The maximum absolute atomic E-state index is 3.67. The molecule has 2 rings (SSSR count). The van der Waals surface area contributed by atoms with Gasteiger partial charge in [0.05, 0.1) is 0 Å². The fourth-order valence-electron chi connectivity index (χ4n) is 2.64. The summed E-state index contributed by atoms with van der Waals surface area (Å²) in [4.78, 5) is 0. The predicted octanol–water partition coefficient (Wildman–Crippen LogP) is 4.36. The van der Waals surface area contributed by atoms with E-state index in [1.54, 1.807) is 0 Å². The van der Waals surface area contributed by atoms with E-state index in [2.05, 4.69) is 62.1 Å². The van der Waals surface area contributed by atoms with Crippen LogP contribution in [0, 0.1) is 0 Å². The minimum absolute atomic E-state index is 0.531. The highest BCUT2D eigenvalue weighted by Crippen LogP contribution is 2.36. The van der Waals surface area contributed by atoms with Gasteiger partial charge in [-0.3, -0.25) is 0 Å². The van der Waals surface area contributed by atoms with Gasteiger partial charge < -0.3 is 5.32 Å². The van der Waals surface area contributed by atoms with Crippen molar-refractivity contribution in [3.8, 4) is 0 Å². The molecule has 1 aliphatic rings. The molecule has 1 aliphatic heterocycles. The Morgan fingerprint density at radius 1 is 1.22 bits per heavy atom. The molecule has 2 unspecified atom stereocenters. The smallest absolute Gasteiger partial charge is 0.0440 e. The van der Waals surface area contributed by atoms with Crippen molar-refractivity contribution in [1.29, 1.82) is 0 Å². The number of thioether (sulfide) groups is 1. The van der Waals surface area contributed by atoms with Crippen molar-refractivity contribution in [3.63, 3.8) is 0 Å². The fourth-order valence-corrected chi connectivity index (χ4v) is 4.05. The number of rotatable bonds is 5. The molecule has 100 valence electrons. The molecule has 2 heteroatoms. The van der Waals surface area contributed by atoms with E-state index in [0.29, 0.717) is 12.0 Å². The van der Waals surface area contributed by atoms with Crippen LogP contribution in [0.5, 0.6) is 0 Å². The van der Waals surface area contributed by atoms with Crippen LogP contribution in [0.25, 0.3) is 0 Å². The van der Waals surface area contributed by atoms with E-state index in [9.17, 15) is 0 Å². The minimum Gasteiger partial charge on any atom is -0.309 e. The van der Waals surface area contributed by atoms with Crippen LogP contribution in [0.2, 0.25) is 0 Å². The maximum Gasteiger partial charge on any atom is 0.0440 e. The predicted molar refractivity (Wildman–Crippen MR) is 82.4 cm³/mol. The molecule has 1 fully saturated rings. The van der Waals surface area contributed by atoms with Crippen molar-refractivity contribution < 1.29 is 0 Å². The first-order valence-corrected chi connectivity index (χ1v) is 8.22. The third-order valence-electron chi connectivity index (χ3n) is 3.72. The van der Waals surface area contributed by atoms with Crippen molar-refractivity contribution in [2.24, 2.45) is 0 Å². The van der Waals surface area contributed by atoms with Gasteiger partial charge in [-0.2, -0.15) is 11.8 Å². The molecule has 1 aromatic rings. The van der Waals surface area contributed by atoms with Crippen molar-refractivity contribution in [2.45, 2.75) is 50.8 Å². The zero-order chi connectivity index (χ0) is 13.0. The highest BCUT2D eigenvalue weighted by atomic mass is 32.2. The van der Waals surface area contributed by atoms with Gasteiger partial charge in [-0.15, -0.1) is 0 Å². The molecule has 2 atom stereocenters. The lowest BCUT2D eigenvalue weighted by Crippen LogP contribution is -2.28. The lowest BCUT2D eigenvalue weighted by atomic mass is 9.96. The highest BCUT2D eigenvalue weighted by molar-refractivity contribution is 8.00. The van der Waals surface area contributed by atoms with Gasteiger partial charge in [-0.1, -0.05) is 45.0 Å². The summed E-state index contributed by atoms with van der Waals surface area (Å²) < 4.78 is 0. The molecule has 18 heavy (non-hydrogen) atoms. The van der Waals surface area contributed by atoms with E-state index < -0.39 is 0 Å². The first-order valence-electron chi connectivity index (χ1n) is 7.17. The van der Waals surface area contributed by atoms with Crippen LogP contribution in [0.4, 0.5) is 0 Å². The third-order valence-corrected chi connectivity index (χ3v) is 5.18. The molecule has 0 radical (unpaired) electrons. The Kier molecular flexibility index (Phi) is 5.13. The minimum atomic E-state index is 0.531. The highest BCUT2D eigenvalue weighted by Gasteiger charge is 2.26. The largest absolute Gasteiger partial charge is 0.309 e. The Labute approximate surface area is 116 Å². The second-order valence-corrected chi connectivity index (χ2v) is 6.76. The van der Waals surface area contributed by atoms with Crippen molar-refractivity contribution >= 4 is 11.8 Å². The summed E-state index contributed by atoms with van der Waals surface area (Å²) in [6, 6.07) is 9.76. The Morgan fingerprint density at radius 3 is 2.39 bits per heavy atom. The molecule has 1 saturated heterocycles. The molecule has 1 heterocycles. The van der Waals surface area contributed by atoms with Gasteiger partial charge in [-0.05, 0) is 42.2 Å². The van der Waals surface area contributed by atoms with Crippen LogP contribution in [-0.2, 0) is 0 Å². The van der Waals surface area contributed by atoms with Crippen LogP contribution in [0.15, 0.2) is 24.3 Å². The summed E-state index contributed by atoms with van der Waals surface area (Å²) >= 11 is 2.13. The van der Waals surface area contributed by atoms with Gasteiger partial charge in [-0.25, -0.2) is 0 Å². The summed E-state index contributed by atoms with van der Waals surface area (Å²) in [7, 11) is 0. The van der Waals surface area contributed by atoms with E-state index in [1.165, 1.54) is 29.7 Å². The van der Waals surface area contributed by atoms with Crippen molar-refractivity contribution in [2.75, 3.05) is 12.3 Å². The maximum atomic E-state index is 3.67. The second kappa shape index (κ2) is 6.63. The average Bonchev–Trinajstić information content (AvgIpc) is 2.90. The molecule has 0 spiro atoms. The van der Waals surface area contributed by atoms with Gasteiger partial charge in [0.15, 0.2) is 0 Å². The topological polar surface area (TPSA) is 12.0 Å². The van der Waals surface area contributed by atoms with Gasteiger partial charge in [0, 0.05) is 11.3 Å². The summed E-state index contributed by atoms with van der Waals surface area (Å²) in [5.74, 6) is 1.95. The third kappa shape index (κ3) is 3.30. The van der Waals surface area contributed by atoms with Crippen molar-refractivity contribution in [3.05, 3.63) is 35.4 Å². The second-order valence-electron chi connectivity index (χ2n) is 5.41. The van der Waals surface area contributed by atoms with Gasteiger partial charge in [0.1, 0.15) is 0 Å². The molecular weight excluding hydrogens is 238 g/mol. The molecule has 0 aliphatic carbocycles. The normalized spacial score (nSPS) is 21.4. The van der Waals surface area contributed by atoms with Crippen LogP contribution in [-0.4, -0.2) is 17.5 Å².